The van der Waals surface area contributed by atoms with Gasteiger partial charge in [-0.1, -0.05) is 12.1 Å². The Morgan fingerprint density at radius 1 is 0.968 bits per heavy atom. The first-order chi connectivity index (χ1) is 15.0. The number of rotatable bonds is 6. The van der Waals surface area contributed by atoms with Crippen LogP contribution in [0.3, 0.4) is 0 Å². The van der Waals surface area contributed by atoms with Gasteiger partial charge in [0.2, 0.25) is 0 Å². The van der Waals surface area contributed by atoms with Gasteiger partial charge in [-0.05, 0) is 43.7 Å². The Kier molecular flexibility index (Phi) is 7.81. The Morgan fingerprint density at radius 2 is 1.65 bits per heavy atom. The van der Waals surface area contributed by atoms with E-state index in [9.17, 15) is 13.6 Å². The Labute approximate surface area is 182 Å². The van der Waals surface area contributed by atoms with Gasteiger partial charge >= 0.3 is 0 Å². The summed E-state index contributed by atoms with van der Waals surface area (Å²) in [4.78, 5) is 20.6. The second kappa shape index (κ2) is 10.7. The van der Waals surface area contributed by atoms with Crippen molar-refractivity contribution < 1.29 is 13.6 Å². The smallest absolute Gasteiger partial charge is 0.251 e. The summed E-state index contributed by atoms with van der Waals surface area (Å²) < 4.78 is 27.6. The molecule has 0 bridgehead atoms. The molecule has 3 rings (SSSR count). The van der Waals surface area contributed by atoms with Gasteiger partial charge in [0.15, 0.2) is 5.96 Å². The molecule has 2 aromatic carbocycles. The van der Waals surface area contributed by atoms with Gasteiger partial charge < -0.3 is 20.4 Å². The maximum atomic E-state index is 14.1. The molecule has 1 amide bonds. The van der Waals surface area contributed by atoms with Crippen LogP contribution in [0.2, 0.25) is 0 Å². The van der Waals surface area contributed by atoms with Gasteiger partial charge in [0.05, 0.1) is 12.2 Å². The van der Waals surface area contributed by atoms with Crippen LogP contribution < -0.4 is 15.5 Å². The normalized spacial score (nSPS) is 14.5. The van der Waals surface area contributed by atoms with E-state index in [1.54, 1.807) is 12.1 Å². The number of nitrogens with one attached hydrogen (secondary N) is 2. The molecule has 0 aliphatic carbocycles. The zero-order valence-corrected chi connectivity index (χ0v) is 18.0. The summed E-state index contributed by atoms with van der Waals surface area (Å²) in [6.45, 7) is 8.15. The van der Waals surface area contributed by atoms with E-state index in [2.05, 4.69) is 15.5 Å². The van der Waals surface area contributed by atoms with Crippen LogP contribution in [-0.2, 0) is 6.54 Å². The molecule has 1 fully saturated rings. The Balaban J connectivity index is 1.62. The van der Waals surface area contributed by atoms with E-state index in [4.69, 9.17) is 4.99 Å². The van der Waals surface area contributed by atoms with Crippen molar-refractivity contribution in [2.45, 2.75) is 20.4 Å². The lowest BCUT2D eigenvalue weighted by Gasteiger charge is -2.37. The third kappa shape index (κ3) is 5.93. The molecule has 1 heterocycles. The Hall–Kier alpha value is -3.16. The van der Waals surface area contributed by atoms with E-state index in [0.717, 1.165) is 24.1 Å². The molecule has 166 valence electrons. The highest BCUT2D eigenvalue weighted by Crippen LogP contribution is 2.22. The van der Waals surface area contributed by atoms with E-state index < -0.39 is 11.6 Å². The number of amides is 1. The molecule has 0 spiro atoms. The molecule has 0 saturated carbocycles. The highest BCUT2D eigenvalue weighted by Gasteiger charge is 2.22. The first-order valence-corrected chi connectivity index (χ1v) is 10.6. The summed E-state index contributed by atoms with van der Waals surface area (Å²) in [6.07, 6.45) is 0. The molecule has 0 atom stereocenters. The second-order valence-corrected chi connectivity index (χ2v) is 7.30. The molecule has 6 nitrogen and oxygen atoms in total. The second-order valence-electron chi connectivity index (χ2n) is 7.30. The van der Waals surface area contributed by atoms with Gasteiger partial charge in [0.1, 0.15) is 11.6 Å². The van der Waals surface area contributed by atoms with Gasteiger partial charge in [-0.3, -0.25) is 4.79 Å². The van der Waals surface area contributed by atoms with E-state index >= 15 is 0 Å². The number of carbonyl (C=O) groups is 1. The van der Waals surface area contributed by atoms with Crippen molar-refractivity contribution in [2.75, 3.05) is 44.2 Å². The van der Waals surface area contributed by atoms with Crippen molar-refractivity contribution in [1.82, 2.24) is 15.5 Å². The molecule has 0 radical (unpaired) electrons. The Bertz CT molecular complexity index is 909. The predicted molar refractivity (Wildman–Crippen MR) is 119 cm³/mol. The van der Waals surface area contributed by atoms with Crippen LogP contribution in [0, 0.1) is 11.6 Å². The van der Waals surface area contributed by atoms with Gasteiger partial charge in [-0.25, -0.2) is 13.8 Å². The van der Waals surface area contributed by atoms with Crippen molar-refractivity contribution in [3.63, 3.8) is 0 Å². The molecule has 0 aromatic heterocycles. The third-order valence-electron chi connectivity index (χ3n) is 5.13. The average molecular weight is 430 g/mol. The molecule has 1 aliphatic heterocycles. The lowest BCUT2D eigenvalue weighted by atomic mass is 10.1. The molecule has 1 aliphatic rings. The molecule has 0 unspecified atom stereocenters. The van der Waals surface area contributed by atoms with Crippen molar-refractivity contribution in [2.24, 2.45) is 4.99 Å². The van der Waals surface area contributed by atoms with Crippen LogP contribution in [0.5, 0.6) is 0 Å². The lowest BCUT2D eigenvalue weighted by molar-refractivity contribution is 0.0956. The fraction of sp³-hybridized carbons (Fsp3) is 0.391. The molecule has 2 N–H and O–H groups in total. The number of guanidine groups is 1. The first-order valence-electron chi connectivity index (χ1n) is 10.6. The fourth-order valence-corrected chi connectivity index (χ4v) is 3.50. The standard InChI is InChI=1S/C23H29F2N5O/c1-3-26-22(31)18-7-5-17(6-8-18)16-28-23(27-4-2)30-13-11-29(12-14-30)21-15-19(24)9-10-20(21)25/h5-10,15H,3-4,11-14,16H2,1-2H3,(H,26,31)(H,27,28). The van der Waals surface area contributed by atoms with Crippen molar-refractivity contribution >= 4 is 17.6 Å². The number of hydrogen-bond donors (Lipinski definition) is 2. The Morgan fingerprint density at radius 3 is 2.29 bits per heavy atom. The predicted octanol–water partition coefficient (Wildman–Crippen LogP) is 3.00. The van der Waals surface area contributed by atoms with E-state index in [0.29, 0.717) is 50.5 Å². The van der Waals surface area contributed by atoms with Gasteiger partial charge in [-0.15, -0.1) is 0 Å². The van der Waals surface area contributed by atoms with Crippen LogP contribution in [-0.4, -0.2) is 56.0 Å². The minimum atomic E-state index is -0.438. The molecule has 1 saturated heterocycles. The minimum Gasteiger partial charge on any atom is -0.366 e. The molecule has 8 heteroatoms. The topological polar surface area (TPSA) is 60.0 Å². The van der Waals surface area contributed by atoms with Crippen LogP contribution in [0.1, 0.15) is 29.8 Å². The largest absolute Gasteiger partial charge is 0.366 e. The quantitative estimate of drug-likeness (QED) is 0.548. The lowest BCUT2D eigenvalue weighted by Crippen LogP contribution is -2.52. The number of carbonyl (C=O) groups excluding carboxylic acids is 1. The summed E-state index contributed by atoms with van der Waals surface area (Å²) in [6, 6.07) is 11.0. The zero-order valence-electron chi connectivity index (χ0n) is 18.0. The highest BCUT2D eigenvalue weighted by atomic mass is 19.1. The van der Waals surface area contributed by atoms with Crippen LogP contribution >= 0.6 is 0 Å². The molecular weight excluding hydrogens is 400 g/mol. The van der Waals surface area contributed by atoms with Crippen molar-refractivity contribution in [3.8, 4) is 0 Å². The van der Waals surface area contributed by atoms with E-state index in [-0.39, 0.29) is 5.91 Å². The van der Waals surface area contributed by atoms with Gasteiger partial charge in [0.25, 0.3) is 5.91 Å². The number of piperazine rings is 1. The summed E-state index contributed by atoms with van der Waals surface area (Å²) in [5.41, 5.74) is 1.93. The minimum absolute atomic E-state index is 0.0847. The summed E-state index contributed by atoms with van der Waals surface area (Å²) >= 11 is 0. The zero-order chi connectivity index (χ0) is 22.2. The highest BCUT2D eigenvalue weighted by molar-refractivity contribution is 5.94. The van der Waals surface area contributed by atoms with Crippen molar-refractivity contribution in [1.29, 1.82) is 0 Å². The van der Waals surface area contributed by atoms with Crippen LogP contribution in [0.4, 0.5) is 14.5 Å². The van der Waals surface area contributed by atoms with Crippen molar-refractivity contribution in [3.05, 3.63) is 65.2 Å². The van der Waals surface area contributed by atoms with Crippen LogP contribution in [0.25, 0.3) is 0 Å². The number of halogens is 2. The fourth-order valence-electron chi connectivity index (χ4n) is 3.50. The summed E-state index contributed by atoms with van der Waals surface area (Å²) in [7, 11) is 0. The molecule has 2 aromatic rings. The van der Waals surface area contributed by atoms with Gasteiger partial charge in [-0.2, -0.15) is 0 Å². The molecular formula is C23H29F2N5O. The molecule has 31 heavy (non-hydrogen) atoms. The summed E-state index contributed by atoms with van der Waals surface area (Å²) in [5.74, 6) is -0.147. The number of benzene rings is 2. The first kappa shape index (κ1) is 22.5. The summed E-state index contributed by atoms with van der Waals surface area (Å²) in [5, 5.41) is 6.08. The maximum absolute atomic E-state index is 14.1. The van der Waals surface area contributed by atoms with E-state index in [1.807, 2.05) is 30.9 Å². The number of nitrogens with zero attached hydrogens (tertiary/aromatic N) is 3. The number of anilines is 1. The number of hydrogen-bond acceptors (Lipinski definition) is 3. The van der Waals surface area contributed by atoms with E-state index in [1.165, 1.54) is 12.1 Å². The monoisotopic (exact) mass is 429 g/mol. The SMILES string of the molecule is CCNC(=O)c1ccc(CN=C(NCC)N2CCN(c3cc(F)ccc3F)CC2)cc1. The number of aliphatic imine (C=N–C) groups is 1. The third-order valence-corrected chi connectivity index (χ3v) is 5.13. The average Bonchev–Trinajstić information content (AvgIpc) is 2.79. The van der Waals surface area contributed by atoms with Gasteiger partial charge in [0, 0.05) is 50.9 Å². The maximum Gasteiger partial charge on any atom is 0.251 e. The van der Waals surface area contributed by atoms with Crippen LogP contribution in [0.15, 0.2) is 47.5 Å².